The minimum absolute atomic E-state index is 0.000744. The van der Waals surface area contributed by atoms with E-state index in [1.807, 2.05) is 6.92 Å². The summed E-state index contributed by atoms with van der Waals surface area (Å²) in [4.78, 5) is 14.5. The molecular weight excluding hydrogens is 238 g/mol. The van der Waals surface area contributed by atoms with Gasteiger partial charge in [-0.3, -0.25) is 9.69 Å². The fourth-order valence-corrected chi connectivity index (χ4v) is 2.70. The summed E-state index contributed by atoms with van der Waals surface area (Å²) in [5.74, 6) is 0.793. The van der Waals surface area contributed by atoms with Gasteiger partial charge in [-0.05, 0) is 37.8 Å². The number of nitrogens with two attached hydrogens (primary N) is 1. The monoisotopic (exact) mass is 269 g/mol. The Labute approximate surface area is 118 Å². The van der Waals surface area contributed by atoms with Crippen LogP contribution in [0.1, 0.15) is 47.0 Å². The van der Waals surface area contributed by atoms with Gasteiger partial charge >= 0.3 is 0 Å². The molecule has 1 fully saturated rings. The van der Waals surface area contributed by atoms with E-state index in [4.69, 9.17) is 5.73 Å². The van der Waals surface area contributed by atoms with Crippen molar-refractivity contribution in [2.75, 3.05) is 19.6 Å². The number of amides is 1. The molecule has 0 spiro atoms. The van der Waals surface area contributed by atoms with Crippen LogP contribution >= 0.6 is 0 Å². The van der Waals surface area contributed by atoms with Gasteiger partial charge in [0.15, 0.2) is 0 Å². The van der Waals surface area contributed by atoms with Crippen molar-refractivity contribution in [2.45, 2.75) is 59.0 Å². The summed E-state index contributed by atoms with van der Waals surface area (Å²) in [6.45, 7) is 11.6. The third kappa shape index (κ3) is 4.77. The van der Waals surface area contributed by atoms with E-state index in [1.165, 1.54) is 12.8 Å². The highest BCUT2D eigenvalue weighted by molar-refractivity contribution is 5.81. The van der Waals surface area contributed by atoms with Crippen LogP contribution in [-0.4, -0.2) is 42.5 Å². The minimum Gasteiger partial charge on any atom is -0.353 e. The average Bonchev–Trinajstić information content (AvgIpc) is 2.90. The zero-order valence-corrected chi connectivity index (χ0v) is 13.0. The number of carbonyl (C=O) groups is 1. The molecule has 1 amide bonds. The first-order valence-corrected chi connectivity index (χ1v) is 7.74. The van der Waals surface area contributed by atoms with Gasteiger partial charge in [-0.25, -0.2) is 0 Å². The van der Waals surface area contributed by atoms with E-state index in [2.05, 4.69) is 31.0 Å². The van der Waals surface area contributed by atoms with Gasteiger partial charge in [-0.1, -0.05) is 34.1 Å². The molecule has 1 saturated heterocycles. The Morgan fingerprint density at radius 3 is 2.32 bits per heavy atom. The lowest BCUT2D eigenvalue weighted by Gasteiger charge is -2.31. The van der Waals surface area contributed by atoms with Crippen molar-refractivity contribution in [3.05, 3.63) is 0 Å². The molecule has 3 atom stereocenters. The molecule has 0 aliphatic carbocycles. The van der Waals surface area contributed by atoms with Crippen molar-refractivity contribution in [1.82, 2.24) is 10.2 Å². The fraction of sp³-hybridized carbons (Fsp3) is 0.933. The Balaban J connectivity index is 2.45. The van der Waals surface area contributed by atoms with Crippen LogP contribution in [0.15, 0.2) is 0 Å². The van der Waals surface area contributed by atoms with Gasteiger partial charge in [0.2, 0.25) is 5.91 Å². The second-order valence-electron chi connectivity index (χ2n) is 6.21. The zero-order valence-electron chi connectivity index (χ0n) is 13.0. The lowest BCUT2D eigenvalue weighted by Crippen LogP contribution is -2.50. The molecule has 0 radical (unpaired) electrons. The molecular formula is C15H31N3O. The van der Waals surface area contributed by atoms with Crippen molar-refractivity contribution >= 4 is 5.91 Å². The molecule has 0 aromatic heterocycles. The van der Waals surface area contributed by atoms with E-state index < -0.39 is 0 Å². The van der Waals surface area contributed by atoms with Gasteiger partial charge in [0.05, 0.1) is 6.04 Å². The molecule has 2 unspecified atom stereocenters. The molecule has 0 bridgehead atoms. The molecule has 1 aliphatic heterocycles. The number of likely N-dealkylation sites (tertiary alicyclic amines) is 1. The van der Waals surface area contributed by atoms with Crippen LogP contribution in [0.4, 0.5) is 0 Å². The summed E-state index contributed by atoms with van der Waals surface area (Å²) < 4.78 is 0. The van der Waals surface area contributed by atoms with Crippen LogP contribution in [-0.2, 0) is 4.79 Å². The van der Waals surface area contributed by atoms with E-state index >= 15 is 0 Å². The van der Waals surface area contributed by atoms with Gasteiger partial charge in [0, 0.05) is 12.6 Å². The quantitative estimate of drug-likeness (QED) is 0.738. The first kappa shape index (κ1) is 16.4. The van der Waals surface area contributed by atoms with Crippen LogP contribution in [0, 0.1) is 11.8 Å². The van der Waals surface area contributed by atoms with Crippen LogP contribution in [0.2, 0.25) is 0 Å². The predicted octanol–water partition coefficient (Wildman–Crippen LogP) is 1.60. The Kier molecular flexibility index (Phi) is 6.80. The summed E-state index contributed by atoms with van der Waals surface area (Å²) >= 11 is 0. The summed E-state index contributed by atoms with van der Waals surface area (Å²) in [5.41, 5.74) is 5.96. The van der Waals surface area contributed by atoms with E-state index in [9.17, 15) is 4.79 Å². The molecule has 0 aromatic rings. The van der Waals surface area contributed by atoms with Gasteiger partial charge in [0.25, 0.3) is 0 Å². The Morgan fingerprint density at radius 1 is 1.26 bits per heavy atom. The van der Waals surface area contributed by atoms with Crippen molar-refractivity contribution in [3.63, 3.8) is 0 Å². The standard InChI is InChI=1S/C15H31N3O/c1-5-12(4)14(16)15(19)17-10-13(11(2)3)18-8-6-7-9-18/h11-14H,5-10,16H2,1-4H3,(H,17,19)/t12?,13?,14-/m0/s1. The molecule has 1 rings (SSSR count). The van der Waals surface area contributed by atoms with Gasteiger partial charge in [0.1, 0.15) is 0 Å². The van der Waals surface area contributed by atoms with E-state index in [0.29, 0.717) is 12.0 Å². The smallest absolute Gasteiger partial charge is 0.237 e. The molecule has 19 heavy (non-hydrogen) atoms. The molecule has 4 heteroatoms. The van der Waals surface area contributed by atoms with Gasteiger partial charge < -0.3 is 11.1 Å². The average molecular weight is 269 g/mol. The molecule has 4 nitrogen and oxygen atoms in total. The highest BCUT2D eigenvalue weighted by Crippen LogP contribution is 2.17. The normalized spacial score (nSPS) is 21.4. The number of hydrogen-bond acceptors (Lipinski definition) is 3. The van der Waals surface area contributed by atoms with E-state index in [1.54, 1.807) is 0 Å². The van der Waals surface area contributed by atoms with Crippen LogP contribution in [0.3, 0.4) is 0 Å². The van der Waals surface area contributed by atoms with E-state index in [-0.39, 0.29) is 17.9 Å². The number of hydrogen-bond donors (Lipinski definition) is 2. The summed E-state index contributed by atoms with van der Waals surface area (Å²) in [6.07, 6.45) is 3.50. The summed E-state index contributed by atoms with van der Waals surface area (Å²) in [5, 5.41) is 3.05. The summed E-state index contributed by atoms with van der Waals surface area (Å²) in [7, 11) is 0. The number of rotatable bonds is 7. The Morgan fingerprint density at radius 2 is 1.84 bits per heavy atom. The molecule has 112 valence electrons. The third-order valence-electron chi connectivity index (χ3n) is 4.42. The fourth-order valence-electron chi connectivity index (χ4n) is 2.70. The van der Waals surface area contributed by atoms with E-state index in [0.717, 1.165) is 26.1 Å². The third-order valence-corrected chi connectivity index (χ3v) is 4.42. The van der Waals surface area contributed by atoms with Crippen molar-refractivity contribution < 1.29 is 4.79 Å². The molecule has 3 N–H and O–H groups in total. The lowest BCUT2D eigenvalue weighted by molar-refractivity contribution is -0.123. The highest BCUT2D eigenvalue weighted by atomic mass is 16.2. The van der Waals surface area contributed by atoms with Crippen LogP contribution < -0.4 is 11.1 Å². The van der Waals surface area contributed by atoms with Crippen LogP contribution in [0.5, 0.6) is 0 Å². The topological polar surface area (TPSA) is 58.4 Å². The van der Waals surface area contributed by atoms with Gasteiger partial charge in [-0.15, -0.1) is 0 Å². The minimum atomic E-state index is -0.378. The number of nitrogens with zero attached hydrogens (tertiary/aromatic N) is 1. The lowest BCUT2D eigenvalue weighted by atomic mass is 9.98. The second-order valence-corrected chi connectivity index (χ2v) is 6.21. The van der Waals surface area contributed by atoms with Crippen molar-refractivity contribution in [1.29, 1.82) is 0 Å². The maximum absolute atomic E-state index is 12.0. The molecule has 1 heterocycles. The van der Waals surface area contributed by atoms with Crippen molar-refractivity contribution in [2.24, 2.45) is 17.6 Å². The SMILES string of the molecule is CCC(C)[C@H](N)C(=O)NCC(C(C)C)N1CCCC1. The first-order valence-electron chi connectivity index (χ1n) is 7.74. The second kappa shape index (κ2) is 7.85. The summed E-state index contributed by atoms with van der Waals surface area (Å²) in [6, 6.07) is 0.0620. The Hall–Kier alpha value is -0.610. The maximum atomic E-state index is 12.0. The zero-order chi connectivity index (χ0) is 14.4. The van der Waals surface area contributed by atoms with Gasteiger partial charge in [-0.2, -0.15) is 0 Å². The number of nitrogens with one attached hydrogen (secondary N) is 1. The molecule has 0 aromatic carbocycles. The van der Waals surface area contributed by atoms with Crippen LogP contribution in [0.25, 0.3) is 0 Å². The Bertz CT molecular complexity index is 275. The molecule has 0 saturated carbocycles. The number of carbonyl (C=O) groups excluding carboxylic acids is 1. The predicted molar refractivity (Wildman–Crippen MR) is 79.9 cm³/mol. The maximum Gasteiger partial charge on any atom is 0.237 e. The molecule has 1 aliphatic rings. The van der Waals surface area contributed by atoms with Crippen molar-refractivity contribution in [3.8, 4) is 0 Å². The first-order chi connectivity index (χ1) is 8.97. The largest absolute Gasteiger partial charge is 0.353 e. The highest BCUT2D eigenvalue weighted by Gasteiger charge is 2.26.